The number of nitrogens with one attached hydrogen (secondary N) is 2. The average Bonchev–Trinajstić information content (AvgIpc) is 3.23. The van der Waals surface area contributed by atoms with Crippen molar-refractivity contribution in [3.05, 3.63) is 183 Å². The van der Waals surface area contributed by atoms with Gasteiger partial charge in [-0.25, -0.2) is 19.9 Å². The number of nitrogens with two attached hydrogens (primary N) is 2. The lowest BCUT2D eigenvalue weighted by molar-refractivity contribution is 0.381. The van der Waals surface area contributed by atoms with Gasteiger partial charge < -0.3 is 31.6 Å². The predicted molar refractivity (Wildman–Crippen MR) is 230 cm³/mol. The lowest BCUT2D eigenvalue weighted by Gasteiger charge is -2.09. The Kier molecular flexibility index (Phi) is 13.7. The van der Waals surface area contributed by atoms with Crippen LogP contribution in [-0.4, -0.2) is 37.5 Å². The zero-order chi connectivity index (χ0) is 41.5. The van der Waals surface area contributed by atoms with E-state index in [0.717, 1.165) is 56.9 Å². The van der Waals surface area contributed by atoms with E-state index in [1.807, 2.05) is 170 Å². The zero-order valence-corrected chi connectivity index (χ0v) is 32.0. The summed E-state index contributed by atoms with van der Waals surface area (Å²) in [4.78, 5) is 17.2. The van der Waals surface area contributed by atoms with Crippen molar-refractivity contribution in [2.45, 2.75) is 0 Å². The summed E-state index contributed by atoms with van der Waals surface area (Å²) in [5.41, 5.74) is 18.5. The third-order valence-electron chi connectivity index (χ3n) is 7.91. The van der Waals surface area contributed by atoms with Gasteiger partial charge in [-0.15, -0.1) is 0 Å². The second-order valence-electron chi connectivity index (χ2n) is 12.4. The molecule has 14 nitrogen and oxygen atoms in total. The molecule has 8 rings (SSSR count). The van der Waals surface area contributed by atoms with Crippen LogP contribution in [0.5, 0.6) is 23.0 Å². The van der Waals surface area contributed by atoms with Crippen molar-refractivity contribution < 1.29 is 27.0 Å². The van der Waals surface area contributed by atoms with Crippen molar-refractivity contribution in [2.75, 3.05) is 22.1 Å². The highest BCUT2D eigenvalue weighted by molar-refractivity contribution is 7.79. The average molecular weight is 807 g/mol. The van der Waals surface area contributed by atoms with Gasteiger partial charge in [-0.1, -0.05) is 60.7 Å². The van der Waals surface area contributed by atoms with Crippen LogP contribution >= 0.6 is 0 Å². The molecule has 0 unspecified atom stereocenters. The van der Waals surface area contributed by atoms with E-state index in [-0.39, 0.29) is 0 Å². The quantitative estimate of drug-likeness (QED) is 0.0559. The molecule has 296 valence electrons. The molecule has 0 fully saturated rings. The van der Waals surface area contributed by atoms with Crippen LogP contribution < -0.4 is 31.6 Å². The van der Waals surface area contributed by atoms with Crippen molar-refractivity contribution in [1.82, 2.24) is 19.9 Å². The normalized spacial score (nSPS) is 10.5. The van der Waals surface area contributed by atoms with Crippen molar-refractivity contribution in [1.29, 1.82) is 0 Å². The number of benzene rings is 6. The van der Waals surface area contributed by atoms with Crippen LogP contribution in [-0.2, 0) is 10.4 Å². The van der Waals surface area contributed by atoms with E-state index in [1.54, 1.807) is 0 Å². The molecule has 15 heteroatoms. The summed E-state index contributed by atoms with van der Waals surface area (Å²) < 4.78 is 43.2. The second-order valence-corrected chi connectivity index (χ2v) is 13.3. The Hall–Kier alpha value is -7.85. The molecule has 6 aromatic carbocycles. The molecule has 8 aromatic rings. The lowest BCUT2D eigenvalue weighted by Crippen LogP contribution is -1.96. The van der Waals surface area contributed by atoms with E-state index in [1.165, 1.54) is 12.7 Å². The van der Waals surface area contributed by atoms with Gasteiger partial charge >= 0.3 is 10.4 Å². The molecule has 59 heavy (non-hydrogen) atoms. The van der Waals surface area contributed by atoms with Gasteiger partial charge in [0, 0.05) is 46.0 Å². The molecule has 0 bridgehead atoms. The third-order valence-corrected chi connectivity index (χ3v) is 7.91. The van der Waals surface area contributed by atoms with E-state index in [9.17, 15) is 0 Å². The molecule has 0 atom stereocenters. The minimum atomic E-state index is -4.67. The molecule has 0 aliphatic rings. The SMILES string of the molecule is Nc1cccc(-c2cc(Nc3ccc(Oc4ccccc4)cc3)ncn2)c1.Nc1cccc(-c2cc(Nc3ccc(Oc4ccccc4)cc3)ncn2)c1.O=S(=O)(O)O. The smallest absolute Gasteiger partial charge is 0.394 e. The van der Waals surface area contributed by atoms with E-state index >= 15 is 0 Å². The minimum absolute atomic E-state index is 0.703. The van der Waals surface area contributed by atoms with E-state index < -0.39 is 10.4 Å². The fourth-order valence-electron chi connectivity index (χ4n) is 5.32. The number of rotatable bonds is 10. The van der Waals surface area contributed by atoms with Crippen LogP contribution in [0, 0.1) is 0 Å². The standard InChI is InChI=1S/2C22H18N4O.H2O4S/c2*23-17-6-4-5-16(13-17)21-14-22(25-15-24-21)26-18-9-11-20(12-10-18)27-19-7-2-1-3-8-19;1-5(2,3)4/h2*1-15H,23H2,(H,24,25,26);(H2,1,2,3,4). The van der Waals surface area contributed by atoms with Crippen LogP contribution in [0.2, 0.25) is 0 Å². The number of anilines is 6. The minimum Gasteiger partial charge on any atom is -0.457 e. The van der Waals surface area contributed by atoms with Crippen LogP contribution in [0.1, 0.15) is 0 Å². The Morgan fingerprint density at radius 2 is 0.797 bits per heavy atom. The highest BCUT2D eigenvalue weighted by Crippen LogP contribution is 2.28. The molecule has 0 aliphatic carbocycles. The summed E-state index contributed by atoms with van der Waals surface area (Å²) in [6, 6.07) is 53.8. The van der Waals surface area contributed by atoms with Gasteiger partial charge in [-0.2, -0.15) is 8.42 Å². The van der Waals surface area contributed by atoms with Gasteiger partial charge in [-0.05, 0) is 97.1 Å². The Labute approximate surface area is 340 Å². The number of para-hydroxylation sites is 2. The first-order chi connectivity index (χ1) is 28.5. The van der Waals surface area contributed by atoms with Crippen LogP contribution in [0.4, 0.5) is 34.4 Å². The van der Waals surface area contributed by atoms with E-state index in [4.69, 9.17) is 38.5 Å². The predicted octanol–water partition coefficient (Wildman–Crippen LogP) is 9.87. The van der Waals surface area contributed by atoms with E-state index in [2.05, 4.69) is 30.6 Å². The van der Waals surface area contributed by atoms with Crippen molar-refractivity contribution in [2.24, 2.45) is 0 Å². The highest BCUT2D eigenvalue weighted by Gasteiger charge is 2.06. The summed E-state index contributed by atoms with van der Waals surface area (Å²) in [7, 11) is -4.67. The molecule has 0 radical (unpaired) electrons. The summed E-state index contributed by atoms with van der Waals surface area (Å²) in [6.07, 6.45) is 3.07. The van der Waals surface area contributed by atoms with E-state index in [0.29, 0.717) is 23.0 Å². The maximum Gasteiger partial charge on any atom is 0.394 e. The number of ether oxygens (including phenoxy) is 2. The molecule has 0 saturated carbocycles. The maximum absolute atomic E-state index is 8.74. The van der Waals surface area contributed by atoms with Gasteiger partial charge in [0.05, 0.1) is 11.4 Å². The highest BCUT2D eigenvalue weighted by atomic mass is 32.3. The second kappa shape index (κ2) is 19.8. The van der Waals surface area contributed by atoms with Gasteiger partial charge in [0.2, 0.25) is 0 Å². The fourth-order valence-corrected chi connectivity index (χ4v) is 5.32. The summed E-state index contributed by atoms with van der Waals surface area (Å²) in [6.45, 7) is 0. The molecular weight excluding hydrogens is 769 g/mol. The first-order valence-corrected chi connectivity index (χ1v) is 19.2. The Bertz CT molecular complexity index is 2500. The van der Waals surface area contributed by atoms with Crippen LogP contribution in [0.25, 0.3) is 22.5 Å². The molecule has 0 saturated heterocycles. The van der Waals surface area contributed by atoms with Gasteiger partial charge in [0.25, 0.3) is 0 Å². The molecule has 0 aliphatic heterocycles. The first kappa shape index (κ1) is 40.8. The topological polar surface area (TPSA) is 221 Å². The summed E-state index contributed by atoms with van der Waals surface area (Å²) >= 11 is 0. The van der Waals surface area contributed by atoms with Crippen LogP contribution in [0.3, 0.4) is 0 Å². The molecule has 0 amide bonds. The van der Waals surface area contributed by atoms with Gasteiger partial charge in [-0.3, -0.25) is 9.11 Å². The van der Waals surface area contributed by atoms with Gasteiger partial charge in [0.15, 0.2) is 0 Å². The number of nitrogen functional groups attached to an aromatic ring is 2. The van der Waals surface area contributed by atoms with Gasteiger partial charge in [0.1, 0.15) is 47.3 Å². The van der Waals surface area contributed by atoms with Crippen LogP contribution in [0.15, 0.2) is 183 Å². The Morgan fingerprint density at radius 3 is 1.15 bits per heavy atom. The largest absolute Gasteiger partial charge is 0.457 e. The number of hydrogen-bond acceptors (Lipinski definition) is 12. The monoisotopic (exact) mass is 806 g/mol. The fraction of sp³-hybridized carbons (Fsp3) is 0. The zero-order valence-electron chi connectivity index (χ0n) is 31.2. The number of aromatic nitrogens is 4. The Balaban J connectivity index is 0.000000178. The molecule has 2 aromatic heterocycles. The molecular formula is C44H38N8O6S. The maximum atomic E-state index is 8.74. The van der Waals surface area contributed by atoms with Crippen molar-refractivity contribution in [3.8, 4) is 45.5 Å². The van der Waals surface area contributed by atoms with Crippen molar-refractivity contribution >= 4 is 44.8 Å². The number of hydrogen-bond donors (Lipinski definition) is 6. The summed E-state index contributed by atoms with van der Waals surface area (Å²) in [5.74, 6) is 4.57. The molecule has 2 heterocycles. The molecule has 0 spiro atoms. The first-order valence-electron chi connectivity index (χ1n) is 17.8. The third kappa shape index (κ3) is 13.7. The lowest BCUT2D eigenvalue weighted by atomic mass is 10.1. The Morgan fingerprint density at radius 1 is 0.441 bits per heavy atom. The summed E-state index contributed by atoms with van der Waals surface area (Å²) in [5, 5.41) is 6.56. The number of nitrogens with zero attached hydrogens (tertiary/aromatic N) is 4. The molecule has 8 N–H and O–H groups in total. The van der Waals surface area contributed by atoms with Crippen molar-refractivity contribution in [3.63, 3.8) is 0 Å².